The Balaban J connectivity index is 1.75. The van der Waals surface area contributed by atoms with Crippen molar-refractivity contribution in [3.8, 4) is 17.0 Å². The van der Waals surface area contributed by atoms with Crippen LogP contribution in [0, 0.1) is 12.7 Å². The van der Waals surface area contributed by atoms with E-state index in [1.807, 2.05) is 13.0 Å². The molecule has 0 spiro atoms. The maximum absolute atomic E-state index is 13.7. The van der Waals surface area contributed by atoms with Crippen LogP contribution in [-0.4, -0.2) is 25.8 Å². The first-order valence-corrected chi connectivity index (χ1v) is 8.20. The van der Waals surface area contributed by atoms with Gasteiger partial charge in [-0.25, -0.2) is 14.4 Å². The molecule has 6 nitrogen and oxygen atoms in total. The van der Waals surface area contributed by atoms with Crippen LogP contribution in [-0.2, 0) is 0 Å². The van der Waals surface area contributed by atoms with Crippen molar-refractivity contribution in [3.05, 3.63) is 71.9 Å². The quantitative estimate of drug-likeness (QED) is 0.534. The Morgan fingerprint density at radius 3 is 2.78 bits per heavy atom. The number of aryl methyl sites for hydroxylation is 1. The molecule has 0 fully saturated rings. The van der Waals surface area contributed by atoms with Crippen molar-refractivity contribution in [2.75, 3.05) is 5.32 Å². The summed E-state index contributed by atoms with van der Waals surface area (Å²) in [4.78, 5) is 19.7. The van der Waals surface area contributed by atoms with Crippen LogP contribution in [0.4, 0.5) is 15.9 Å². The van der Waals surface area contributed by atoms with Gasteiger partial charge < -0.3 is 10.4 Å². The first-order chi connectivity index (χ1) is 13.1. The first kappa shape index (κ1) is 16.7. The van der Waals surface area contributed by atoms with E-state index in [1.54, 1.807) is 41.2 Å². The average Bonchev–Trinajstić information content (AvgIpc) is 3.09. The summed E-state index contributed by atoms with van der Waals surface area (Å²) in [6.45, 7) is 1.86. The maximum atomic E-state index is 13.7. The number of fused-ring (bicyclic) bond motifs is 1. The van der Waals surface area contributed by atoms with Gasteiger partial charge in [0.2, 0.25) is 0 Å². The summed E-state index contributed by atoms with van der Waals surface area (Å²) in [6, 6.07) is 9.57. The number of nitrogens with one attached hydrogen (secondary N) is 1. The highest BCUT2D eigenvalue weighted by Crippen LogP contribution is 2.28. The minimum atomic E-state index is -0.694. The summed E-state index contributed by atoms with van der Waals surface area (Å²) in [7, 11) is 0. The molecule has 0 aliphatic heterocycles. The molecule has 0 bridgehead atoms. The van der Waals surface area contributed by atoms with Gasteiger partial charge in [0, 0.05) is 29.2 Å². The lowest BCUT2D eigenvalue weighted by molar-refractivity contribution is 0.112. The van der Waals surface area contributed by atoms with Crippen molar-refractivity contribution in [3.63, 3.8) is 0 Å². The van der Waals surface area contributed by atoms with E-state index >= 15 is 0 Å². The molecule has 0 radical (unpaired) electrons. The number of hydrogen-bond acceptors (Lipinski definition) is 5. The van der Waals surface area contributed by atoms with Gasteiger partial charge in [0.15, 0.2) is 23.0 Å². The zero-order valence-electron chi connectivity index (χ0n) is 14.3. The number of carbonyl (C=O) groups is 1. The normalized spacial score (nSPS) is 10.9. The number of hydrogen-bond donors (Lipinski definition) is 2. The van der Waals surface area contributed by atoms with E-state index in [1.165, 1.54) is 12.1 Å². The zero-order valence-corrected chi connectivity index (χ0v) is 14.3. The first-order valence-electron chi connectivity index (χ1n) is 8.20. The third-order valence-electron chi connectivity index (χ3n) is 4.33. The van der Waals surface area contributed by atoms with Crippen molar-refractivity contribution in [1.29, 1.82) is 0 Å². The van der Waals surface area contributed by atoms with Gasteiger partial charge in [0.25, 0.3) is 0 Å². The number of aldehydes is 1. The number of imidazole rings is 1. The number of aromatic nitrogens is 3. The molecule has 27 heavy (non-hydrogen) atoms. The van der Waals surface area contributed by atoms with E-state index in [0.29, 0.717) is 28.3 Å². The molecule has 0 aliphatic carbocycles. The van der Waals surface area contributed by atoms with Crippen LogP contribution in [0.2, 0.25) is 0 Å². The molecule has 0 amide bonds. The van der Waals surface area contributed by atoms with Gasteiger partial charge in [0.05, 0.1) is 11.9 Å². The number of nitrogens with zero attached hydrogens (tertiary/aromatic N) is 3. The number of halogens is 1. The number of benzene rings is 2. The molecule has 4 aromatic rings. The van der Waals surface area contributed by atoms with Gasteiger partial charge in [-0.05, 0) is 48.9 Å². The number of phenolic OH excluding ortho intramolecular Hbond substituents is 1. The van der Waals surface area contributed by atoms with E-state index < -0.39 is 11.6 Å². The molecule has 7 heteroatoms. The van der Waals surface area contributed by atoms with E-state index in [2.05, 4.69) is 15.3 Å². The van der Waals surface area contributed by atoms with E-state index in [4.69, 9.17) is 0 Å². The smallest absolute Gasteiger partial charge is 0.180 e. The molecule has 0 atom stereocenters. The highest BCUT2D eigenvalue weighted by molar-refractivity contribution is 5.80. The van der Waals surface area contributed by atoms with Crippen LogP contribution >= 0.6 is 0 Å². The summed E-state index contributed by atoms with van der Waals surface area (Å²) < 4.78 is 15.5. The minimum Gasteiger partial charge on any atom is -0.505 e. The summed E-state index contributed by atoms with van der Waals surface area (Å²) >= 11 is 0. The van der Waals surface area contributed by atoms with Gasteiger partial charge in [-0.1, -0.05) is 0 Å². The Kier molecular flexibility index (Phi) is 4.04. The third-order valence-corrected chi connectivity index (χ3v) is 4.33. The van der Waals surface area contributed by atoms with Crippen molar-refractivity contribution in [1.82, 2.24) is 14.4 Å². The number of phenols is 1. The van der Waals surface area contributed by atoms with Crippen LogP contribution < -0.4 is 5.32 Å². The molecule has 0 saturated heterocycles. The molecule has 2 heterocycles. The second kappa shape index (κ2) is 6.53. The Morgan fingerprint density at radius 2 is 2.04 bits per heavy atom. The highest BCUT2D eigenvalue weighted by Gasteiger charge is 2.12. The van der Waals surface area contributed by atoms with Gasteiger partial charge in [0.1, 0.15) is 6.29 Å². The fourth-order valence-corrected chi connectivity index (χ4v) is 2.91. The summed E-state index contributed by atoms with van der Waals surface area (Å²) in [5.41, 5.74) is 4.08. The minimum absolute atomic E-state index is 0.397. The lowest BCUT2D eigenvalue weighted by atomic mass is 10.1. The van der Waals surface area contributed by atoms with Crippen molar-refractivity contribution in [2.45, 2.75) is 6.92 Å². The van der Waals surface area contributed by atoms with Gasteiger partial charge >= 0.3 is 0 Å². The topological polar surface area (TPSA) is 79.5 Å². The Hall–Kier alpha value is -3.74. The van der Waals surface area contributed by atoms with Gasteiger partial charge in [-0.3, -0.25) is 9.20 Å². The second-order valence-electron chi connectivity index (χ2n) is 6.09. The van der Waals surface area contributed by atoms with Gasteiger partial charge in [-0.15, -0.1) is 0 Å². The fraction of sp³-hybridized carbons (Fsp3) is 0.0500. The largest absolute Gasteiger partial charge is 0.505 e. The Morgan fingerprint density at radius 1 is 1.19 bits per heavy atom. The SMILES string of the molecule is Cc1cc(Nc2nccn3c(-c4ccc(O)c(F)c4)cnc23)ccc1C=O. The van der Waals surface area contributed by atoms with Gasteiger partial charge in [-0.2, -0.15) is 0 Å². The number of carbonyl (C=O) groups excluding carboxylic acids is 1. The molecule has 4 rings (SSSR count). The monoisotopic (exact) mass is 362 g/mol. The predicted molar refractivity (Wildman–Crippen MR) is 99.9 cm³/mol. The molecule has 2 aromatic heterocycles. The van der Waals surface area contributed by atoms with Crippen LogP contribution in [0.5, 0.6) is 5.75 Å². The van der Waals surface area contributed by atoms with E-state index in [0.717, 1.165) is 17.5 Å². The average molecular weight is 362 g/mol. The van der Waals surface area contributed by atoms with Crippen LogP contribution in [0.3, 0.4) is 0 Å². The molecule has 0 unspecified atom stereocenters. The molecule has 0 saturated carbocycles. The van der Waals surface area contributed by atoms with Crippen LogP contribution in [0.1, 0.15) is 15.9 Å². The highest BCUT2D eigenvalue weighted by atomic mass is 19.1. The molecular formula is C20H15FN4O2. The van der Waals surface area contributed by atoms with Crippen LogP contribution in [0.15, 0.2) is 55.0 Å². The molecule has 2 N–H and O–H groups in total. The predicted octanol–water partition coefficient (Wildman–Crippen LogP) is 4.11. The number of anilines is 2. The number of rotatable bonds is 4. The summed E-state index contributed by atoms with van der Waals surface area (Å²) in [5, 5.41) is 12.6. The summed E-state index contributed by atoms with van der Waals surface area (Å²) in [6.07, 6.45) is 5.78. The number of aromatic hydroxyl groups is 1. The lowest BCUT2D eigenvalue weighted by Gasteiger charge is -2.09. The maximum Gasteiger partial charge on any atom is 0.180 e. The standard InChI is InChI=1S/C20H15FN4O2/c1-12-8-15(4-2-14(12)11-26)24-19-20-23-10-17(25(20)7-6-22-19)13-3-5-18(27)16(21)9-13/h2-11,27H,1H3,(H,22,24). The summed E-state index contributed by atoms with van der Waals surface area (Å²) in [5.74, 6) is -0.562. The molecule has 0 aliphatic rings. The van der Waals surface area contributed by atoms with Crippen LogP contribution in [0.25, 0.3) is 16.9 Å². The Labute approximate surface area is 154 Å². The lowest BCUT2D eigenvalue weighted by Crippen LogP contribution is -1.99. The molecular weight excluding hydrogens is 347 g/mol. The molecule has 134 valence electrons. The zero-order chi connectivity index (χ0) is 19.0. The third kappa shape index (κ3) is 2.99. The van der Waals surface area contributed by atoms with E-state index in [-0.39, 0.29) is 0 Å². The second-order valence-corrected chi connectivity index (χ2v) is 6.09. The molecule has 2 aromatic carbocycles. The van der Waals surface area contributed by atoms with Crippen molar-refractivity contribution >= 4 is 23.4 Å². The fourth-order valence-electron chi connectivity index (χ4n) is 2.91. The Bertz CT molecular complexity index is 1170. The van der Waals surface area contributed by atoms with E-state index in [9.17, 15) is 14.3 Å². The van der Waals surface area contributed by atoms with Crippen molar-refractivity contribution in [2.24, 2.45) is 0 Å². The van der Waals surface area contributed by atoms with Crippen molar-refractivity contribution < 1.29 is 14.3 Å².